The van der Waals surface area contributed by atoms with E-state index in [4.69, 9.17) is 4.74 Å². The number of nitrogens with zero attached hydrogens (tertiary/aromatic N) is 1. The first-order chi connectivity index (χ1) is 16.8. The summed E-state index contributed by atoms with van der Waals surface area (Å²) in [5.74, 6) is -0.116. The number of nitrogens with one attached hydrogen (secondary N) is 1. The Kier molecular flexibility index (Phi) is 7.73. The smallest absolute Gasteiger partial charge is 0.293 e. The molecule has 0 saturated carbocycles. The van der Waals surface area contributed by atoms with Crippen molar-refractivity contribution < 1.29 is 19.1 Å². The number of benzene rings is 3. The number of halogens is 1. The van der Waals surface area contributed by atoms with Crippen LogP contribution < -0.4 is 10.1 Å². The first-order valence-electron chi connectivity index (χ1n) is 10.9. The quantitative estimate of drug-likeness (QED) is 0.348. The number of aryl methyl sites for hydroxylation is 1. The van der Waals surface area contributed by atoms with Crippen molar-refractivity contribution in [3.05, 3.63) is 98.4 Å². The molecule has 0 aromatic heterocycles. The Bertz CT molecular complexity index is 1340. The summed E-state index contributed by atoms with van der Waals surface area (Å²) < 4.78 is 6.50. The van der Waals surface area contributed by atoms with Gasteiger partial charge < -0.3 is 10.1 Å². The molecule has 3 amide bonds. The van der Waals surface area contributed by atoms with Gasteiger partial charge in [0.15, 0.2) is 6.61 Å². The van der Waals surface area contributed by atoms with Crippen molar-refractivity contribution in [3.63, 3.8) is 0 Å². The van der Waals surface area contributed by atoms with Gasteiger partial charge in [-0.2, -0.15) is 0 Å². The molecule has 3 aromatic rings. The van der Waals surface area contributed by atoms with Crippen molar-refractivity contribution in [3.8, 4) is 5.75 Å². The molecule has 0 aliphatic carbocycles. The Hall–Kier alpha value is -3.36. The van der Waals surface area contributed by atoms with E-state index in [-0.39, 0.29) is 30.2 Å². The standard InChI is InChI=1S/C27H23BrN2O4S/c1-17-7-5-12-23(18(17)2)29-25(31)16-34-21-10-6-8-19(13-21)14-24-26(32)30(27(33)35-24)15-20-9-3-4-11-22(20)28/h3-14H,15-16H2,1-2H3,(H,29,31)/b24-14-. The van der Waals surface area contributed by atoms with Gasteiger partial charge in [-0.25, -0.2) is 0 Å². The molecule has 4 rings (SSSR count). The monoisotopic (exact) mass is 550 g/mol. The van der Waals surface area contributed by atoms with Gasteiger partial charge >= 0.3 is 0 Å². The Balaban J connectivity index is 1.40. The van der Waals surface area contributed by atoms with Crippen LogP contribution >= 0.6 is 27.7 Å². The van der Waals surface area contributed by atoms with Crippen LogP contribution in [0.3, 0.4) is 0 Å². The molecule has 3 aromatic carbocycles. The lowest BCUT2D eigenvalue weighted by Crippen LogP contribution is -2.27. The Labute approximate surface area is 216 Å². The fourth-order valence-corrected chi connectivity index (χ4v) is 4.75. The molecule has 178 valence electrons. The van der Waals surface area contributed by atoms with Crippen LogP contribution in [0.5, 0.6) is 5.75 Å². The maximum atomic E-state index is 12.9. The number of amides is 3. The Morgan fingerprint density at radius 2 is 1.83 bits per heavy atom. The van der Waals surface area contributed by atoms with Crippen molar-refractivity contribution in [1.29, 1.82) is 0 Å². The number of hydrogen-bond acceptors (Lipinski definition) is 5. The largest absolute Gasteiger partial charge is 0.484 e. The van der Waals surface area contributed by atoms with E-state index in [1.807, 2.05) is 62.4 Å². The van der Waals surface area contributed by atoms with Crippen molar-refractivity contribution in [1.82, 2.24) is 4.90 Å². The predicted octanol–water partition coefficient (Wildman–Crippen LogP) is 6.32. The molecule has 0 radical (unpaired) electrons. The summed E-state index contributed by atoms with van der Waals surface area (Å²) in [6.45, 7) is 3.99. The Morgan fingerprint density at radius 1 is 1.06 bits per heavy atom. The highest BCUT2D eigenvalue weighted by atomic mass is 79.9. The number of anilines is 1. The van der Waals surface area contributed by atoms with Crippen molar-refractivity contribution in [2.45, 2.75) is 20.4 Å². The minimum absolute atomic E-state index is 0.153. The molecule has 0 atom stereocenters. The molecule has 1 fully saturated rings. The maximum Gasteiger partial charge on any atom is 0.293 e. The molecule has 8 heteroatoms. The van der Waals surface area contributed by atoms with Gasteiger partial charge in [0.05, 0.1) is 11.4 Å². The summed E-state index contributed by atoms with van der Waals surface area (Å²) in [6, 6.07) is 20.3. The molecule has 1 saturated heterocycles. The number of ether oxygens (including phenoxy) is 1. The summed E-state index contributed by atoms with van der Waals surface area (Å²) in [5, 5.41) is 2.55. The molecule has 6 nitrogen and oxygen atoms in total. The van der Waals surface area contributed by atoms with Gasteiger partial charge in [-0.1, -0.05) is 58.4 Å². The van der Waals surface area contributed by atoms with Gasteiger partial charge in [-0.15, -0.1) is 0 Å². The first-order valence-corrected chi connectivity index (χ1v) is 12.5. The van der Waals surface area contributed by atoms with Crippen LogP contribution in [0.1, 0.15) is 22.3 Å². The zero-order valence-electron chi connectivity index (χ0n) is 19.2. The van der Waals surface area contributed by atoms with Crippen LogP contribution in [-0.2, 0) is 16.1 Å². The normalized spacial score (nSPS) is 14.5. The second-order valence-corrected chi connectivity index (χ2v) is 9.86. The number of imide groups is 1. The van der Waals surface area contributed by atoms with Gasteiger partial charge in [-0.05, 0) is 78.2 Å². The van der Waals surface area contributed by atoms with E-state index in [0.717, 1.165) is 38.6 Å². The molecule has 0 bridgehead atoms. The third-order valence-corrected chi connectivity index (χ3v) is 7.25. The molecule has 0 spiro atoms. The summed E-state index contributed by atoms with van der Waals surface area (Å²) >= 11 is 4.36. The van der Waals surface area contributed by atoms with Crippen molar-refractivity contribution in [2.24, 2.45) is 0 Å². The Morgan fingerprint density at radius 3 is 2.63 bits per heavy atom. The van der Waals surface area contributed by atoms with E-state index in [1.54, 1.807) is 24.3 Å². The third-order valence-electron chi connectivity index (χ3n) is 5.56. The topological polar surface area (TPSA) is 75.7 Å². The summed E-state index contributed by atoms with van der Waals surface area (Å²) in [5.41, 5.74) is 4.41. The molecule has 1 heterocycles. The molecule has 1 aliphatic rings. The minimum Gasteiger partial charge on any atom is -0.484 e. The predicted molar refractivity (Wildman–Crippen MR) is 142 cm³/mol. The fourth-order valence-electron chi connectivity index (χ4n) is 3.50. The van der Waals surface area contributed by atoms with Crippen LogP contribution in [0.4, 0.5) is 10.5 Å². The molecular weight excluding hydrogens is 528 g/mol. The molecule has 1 N–H and O–H groups in total. The molecule has 0 unspecified atom stereocenters. The van der Waals surface area contributed by atoms with E-state index < -0.39 is 0 Å². The molecular formula is C27H23BrN2O4S. The second kappa shape index (κ2) is 10.9. The summed E-state index contributed by atoms with van der Waals surface area (Å²) in [4.78, 5) is 39.3. The van der Waals surface area contributed by atoms with Crippen LogP contribution in [0.25, 0.3) is 6.08 Å². The molecule has 1 aliphatic heterocycles. The van der Waals surface area contributed by atoms with Crippen LogP contribution in [-0.4, -0.2) is 28.6 Å². The van der Waals surface area contributed by atoms with E-state index >= 15 is 0 Å². The van der Waals surface area contributed by atoms with E-state index in [2.05, 4.69) is 21.2 Å². The third kappa shape index (κ3) is 6.01. The van der Waals surface area contributed by atoms with E-state index in [9.17, 15) is 14.4 Å². The van der Waals surface area contributed by atoms with Crippen molar-refractivity contribution in [2.75, 3.05) is 11.9 Å². The first kappa shape index (κ1) is 24.8. The summed E-state index contributed by atoms with van der Waals surface area (Å²) in [6.07, 6.45) is 1.66. The van der Waals surface area contributed by atoms with Gasteiger partial charge in [0.1, 0.15) is 5.75 Å². The van der Waals surface area contributed by atoms with Gasteiger partial charge in [0.2, 0.25) is 0 Å². The van der Waals surface area contributed by atoms with E-state index in [1.165, 1.54) is 4.90 Å². The van der Waals surface area contributed by atoms with Crippen LogP contribution in [0.2, 0.25) is 0 Å². The summed E-state index contributed by atoms with van der Waals surface area (Å²) in [7, 11) is 0. The lowest BCUT2D eigenvalue weighted by molar-refractivity contribution is -0.123. The number of carbonyl (C=O) groups is 3. The highest BCUT2D eigenvalue weighted by Gasteiger charge is 2.35. The van der Waals surface area contributed by atoms with Crippen LogP contribution in [0.15, 0.2) is 76.1 Å². The zero-order chi connectivity index (χ0) is 24.9. The number of thioether (sulfide) groups is 1. The SMILES string of the molecule is Cc1cccc(NC(=O)COc2cccc(/C=C3\SC(=O)N(Cc4ccccc4Br)C3=O)c2)c1C. The minimum atomic E-state index is -0.338. The lowest BCUT2D eigenvalue weighted by Gasteiger charge is -2.13. The number of rotatable bonds is 7. The van der Waals surface area contributed by atoms with Crippen molar-refractivity contribution >= 4 is 56.5 Å². The number of hydrogen-bond donors (Lipinski definition) is 1. The maximum absolute atomic E-state index is 12.9. The van der Waals surface area contributed by atoms with Gasteiger partial charge in [-0.3, -0.25) is 19.3 Å². The lowest BCUT2D eigenvalue weighted by atomic mass is 10.1. The highest BCUT2D eigenvalue weighted by molar-refractivity contribution is 9.10. The van der Waals surface area contributed by atoms with E-state index in [0.29, 0.717) is 16.2 Å². The van der Waals surface area contributed by atoms with Crippen LogP contribution in [0, 0.1) is 13.8 Å². The second-order valence-electron chi connectivity index (χ2n) is 8.02. The fraction of sp³-hybridized carbons (Fsp3) is 0.148. The average Bonchev–Trinajstić information content (AvgIpc) is 3.09. The number of carbonyl (C=O) groups excluding carboxylic acids is 3. The zero-order valence-corrected chi connectivity index (χ0v) is 21.6. The highest BCUT2D eigenvalue weighted by Crippen LogP contribution is 2.34. The van der Waals surface area contributed by atoms with Gasteiger partial charge in [0, 0.05) is 10.2 Å². The average molecular weight is 551 g/mol. The molecule has 35 heavy (non-hydrogen) atoms. The van der Waals surface area contributed by atoms with Gasteiger partial charge in [0.25, 0.3) is 17.1 Å².